The number of aryl methyl sites for hydroxylation is 1. The second-order valence-electron chi connectivity index (χ2n) is 4.04. The summed E-state index contributed by atoms with van der Waals surface area (Å²) >= 11 is 0. The van der Waals surface area contributed by atoms with Crippen LogP contribution in [-0.2, 0) is 12.7 Å². The maximum Gasteiger partial charge on any atom is 0.433 e. The van der Waals surface area contributed by atoms with Crippen LogP contribution >= 0.6 is 0 Å². The minimum absolute atomic E-state index is 0.0636. The molecule has 0 aliphatic rings. The summed E-state index contributed by atoms with van der Waals surface area (Å²) in [6, 6.07) is 1.64. The Balaban J connectivity index is 2.28. The van der Waals surface area contributed by atoms with Crippen molar-refractivity contribution in [2.24, 2.45) is 5.73 Å². The number of amides is 1. The van der Waals surface area contributed by atoms with Gasteiger partial charge in [0.05, 0.1) is 12.1 Å². The fraction of sp³-hybridized carbons (Fsp3) is 0.273. The SMILES string of the molecule is Cc1nc(CNc2nc(C(F)(F)F)ccc2C(N)=O)no1. The van der Waals surface area contributed by atoms with Crippen molar-refractivity contribution in [3.8, 4) is 0 Å². The molecule has 2 heterocycles. The third-order valence-corrected chi connectivity index (χ3v) is 2.43. The largest absolute Gasteiger partial charge is 0.433 e. The second kappa shape index (κ2) is 5.38. The topological polar surface area (TPSA) is 107 Å². The first-order chi connectivity index (χ1) is 9.77. The Morgan fingerprint density at radius 3 is 2.62 bits per heavy atom. The Morgan fingerprint density at radius 2 is 2.10 bits per heavy atom. The van der Waals surface area contributed by atoms with E-state index in [1.165, 1.54) is 0 Å². The van der Waals surface area contributed by atoms with Crippen molar-refractivity contribution in [3.05, 3.63) is 35.1 Å². The lowest BCUT2D eigenvalue weighted by Crippen LogP contribution is -2.18. The van der Waals surface area contributed by atoms with E-state index in [1.54, 1.807) is 6.92 Å². The summed E-state index contributed by atoms with van der Waals surface area (Å²) in [6.45, 7) is 1.50. The fourth-order valence-electron chi connectivity index (χ4n) is 1.53. The first-order valence-electron chi connectivity index (χ1n) is 5.68. The number of carbonyl (C=O) groups excluding carboxylic acids is 1. The number of nitrogens with zero attached hydrogens (tertiary/aromatic N) is 3. The Bertz CT molecular complexity index is 668. The van der Waals surface area contributed by atoms with Crippen LogP contribution in [0, 0.1) is 6.92 Å². The molecule has 0 aliphatic heterocycles. The van der Waals surface area contributed by atoms with Gasteiger partial charge in [0.25, 0.3) is 5.91 Å². The Kier molecular flexibility index (Phi) is 3.78. The molecule has 0 spiro atoms. The Hall–Kier alpha value is -2.65. The number of pyridine rings is 1. The molecule has 0 atom stereocenters. The molecule has 0 saturated carbocycles. The average molecular weight is 301 g/mol. The van der Waals surface area contributed by atoms with E-state index in [1.807, 2.05) is 0 Å². The number of rotatable bonds is 4. The van der Waals surface area contributed by atoms with Gasteiger partial charge in [-0.15, -0.1) is 0 Å². The first-order valence-corrected chi connectivity index (χ1v) is 5.68. The number of carbonyl (C=O) groups is 1. The molecular weight excluding hydrogens is 291 g/mol. The lowest BCUT2D eigenvalue weighted by atomic mass is 10.2. The van der Waals surface area contributed by atoms with Crippen molar-refractivity contribution in [3.63, 3.8) is 0 Å². The average Bonchev–Trinajstić information content (AvgIpc) is 2.80. The van der Waals surface area contributed by atoms with E-state index in [4.69, 9.17) is 10.3 Å². The third-order valence-electron chi connectivity index (χ3n) is 2.43. The van der Waals surface area contributed by atoms with Crippen LogP contribution in [-0.4, -0.2) is 21.0 Å². The van der Waals surface area contributed by atoms with Crippen LogP contribution in [0.5, 0.6) is 0 Å². The summed E-state index contributed by atoms with van der Waals surface area (Å²) in [5, 5.41) is 6.10. The molecule has 0 unspecified atom stereocenters. The van der Waals surface area contributed by atoms with Crippen molar-refractivity contribution in [1.82, 2.24) is 15.1 Å². The van der Waals surface area contributed by atoms with E-state index in [2.05, 4.69) is 20.4 Å². The Labute approximate surface area is 116 Å². The monoisotopic (exact) mass is 301 g/mol. The minimum atomic E-state index is -4.63. The van der Waals surface area contributed by atoms with E-state index < -0.39 is 17.8 Å². The standard InChI is InChI=1S/C11H10F3N5O2/c1-5-17-8(19-21-5)4-16-10-6(9(15)20)2-3-7(18-10)11(12,13)14/h2-3H,4H2,1H3,(H2,15,20)(H,16,18). The summed E-state index contributed by atoms with van der Waals surface area (Å²) in [4.78, 5) is 18.4. The lowest BCUT2D eigenvalue weighted by Gasteiger charge is -2.11. The zero-order valence-corrected chi connectivity index (χ0v) is 10.7. The highest BCUT2D eigenvalue weighted by Crippen LogP contribution is 2.29. The molecule has 0 radical (unpaired) electrons. The molecule has 2 aromatic heterocycles. The number of aromatic nitrogens is 3. The number of hydrogen-bond acceptors (Lipinski definition) is 6. The summed E-state index contributed by atoms with van der Waals surface area (Å²) in [7, 11) is 0. The van der Waals surface area contributed by atoms with Gasteiger partial charge in [-0.05, 0) is 12.1 Å². The molecule has 2 rings (SSSR count). The Morgan fingerprint density at radius 1 is 1.38 bits per heavy atom. The van der Waals surface area contributed by atoms with Gasteiger partial charge in [-0.25, -0.2) is 4.98 Å². The zero-order chi connectivity index (χ0) is 15.6. The van der Waals surface area contributed by atoms with Crippen molar-refractivity contribution in [2.45, 2.75) is 19.6 Å². The van der Waals surface area contributed by atoms with E-state index in [0.29, 0.717) is 12.0 Å². The van der Waals surface area contributed by atoms with Gasteiger partial charge in [0, 0.05) is 6.92 Å². The van der Waals surface area contributed by atoms with Crippen LogP contribution in [0.15, 0.2) is 16.7 Å². The molecule has 7 nitrogen and oxygen atoms in total. The third kappa shape index (κ3) is 3.46. The van der Waals surface area contributed by atoms with Gasteiger partial charge < -0.3 is 15.6 Å². The number of anilines is 1. The highest BCUT2D eigenvalue weighted by atomic mass is 19.4. The molecule has 0 saturated heterocycles. The summed E-state index contributed by atoms with van der Waals surface area (Å²) in [5.41, 5.74) is 3.79. The minimum Gasteiger partial charge on any atom is -0.365 e. The molecule has 21 heavy (non-hydrogen) atoms. The predicted molar refractivity (Wildman–Crippen MR) is 64.1 cm³/mol. The highest BCUT2D eigenvalue weighted by molar-refractivity contribution is 5.97. The molecule has 0 aromatic carbocycles. The lowest BCUT2D eigenvalue weighted by molar-refractivity contribution is -0.141. The van der Waals surface area contributed by atoms with E-state index >= 15 is 0 Å². The highest BCUT2D eigenvalue weighted by Gasteiger charge is 2.33. The van der Waals surface area contributed by atoms with Gasteiger partial charge in [0.2, 0.25) is 5.89 Å². The molecule has 0 fully saturated rings. The summed E-state index contributed by atoms with van der Waals surface area (Å²) in [6.07, 6.45) is -4.63. The van der Waals surface area contributed by atoms with Crippen LogP contribution in [0.3, 0.4) is 0 Å². The molecule has 0 aliphatic carbocycles. The predicted octanol–water partition coefficient (Wildman–Crippen LogP) is 1.50. The van der Waals surface area contributed by atoms with E-state index in [0.717, 1.165) is 6.07 Å². The van der Waals surface area contributed by atoms with Gasteiger partial charge in [-0.1, -0.05) is 5.16 Å². The number of hydrogen-bond donors (Lipinski definition) is 2. The quantitative estimate of drug-likeness (QED) is 0.886. The van der Waals surface area contributed by atoms with Crippen molar-refractivity contribution < 1.29 is 22.5 Å². The maximum atomic E-state index is 12.6. The number of halogens is 3. The molecular formula is C11H10F3N5O2. The van der Waals surface area contributed by atoms with Crippen molar-refractivity contribution >= 4 is 11.7 Å². The number of nitrogens with two attached hydrogens (primary N) is 1. The zero-order valence-electron chi connectivity index (χ0n) is 10.7. The smallest absolute Gasteiger partial charge is 0.365 e. The van der Waals surface area contributed by atoms with Crippen LogP contribution < -0.4 is 11.1 Å². The van der Waals surface area contributed by atoms with Crippen LogP contribution in [0.4, 0.5) is 19.0 Å². The van der Waals surface area contributed by atoms with E-state index in [-0.39, 0.29) is 23.8 Å². The fourth-order valence-corrected chi connectivity index (χ4v) is 1.53. The number of alkyl halides is 3. The van der Waals surface area contributed by atoms with Gasteiger partial charge in [0.1, 0.15) is 11.5 Å². The molecule has 112 valence electrons. The van der Waals surface area contributed by atoms with Crippen molar-refractivity contribution in [1.29, 1.82) is 0 Å². The summed E-state index contributed by atoms with van der Waals surface area (Å²) in [5.74, 6) is -0.677. The first kappa shape index (κ1) is 14.8. The summed E-state index contributed by atoms with van der Waals surface area (Å²) < 4.78 is 42.6. The number of primary amides is 1. The molecule has 2 aromatic rings. The second-order valence-corrected chi connectivity index (χ2v) is 4.04. The molecule has 3 N–H and O–H groups in total. The van der Waals surface area contributed by atoms with Crippen LogP contribution in [0.2, 0.25) is 0 Å². The maximum absolute atomic E-state index is 12.6. The molecule has 1 amide bonds. The van der Waals surface area contributed by atoms with Gasteiger partial charge in [0.15, 0.2) is 5.82 Å². The van der Waals surface area contributed by atoms with Crippen LogP contribution in [0.1, 0.15) is 27.8 Å². The van der Waals surface area contributed by atoms with Gasteiger partial charge in [-0.3, -0.25) is 4.79 Å². The molecule has 0 bridgehead atoms. The van der Waals surface area contributed by atoms with E-state index in [9.17, 15) is 18.0 Å². The van der Waals surface area contributed by atoms with Crippen LogP contribution in [0.25, 0.3) is 0 Å². The van der Waals surface area contributed by atoms with Gasteiger partial charge >= 0.3 is 6.18 Å². The number of nitrogens with one attached hydrogen (secondary N) is 1. The van der Waals surface area contributed by atoms with Crippen molar-refractivity contribution in [2.75, 3.05) is 5.32 Å². The normalized spacial score (nSPS) is 11.4. The van der Waals surface area contributed by atoms with Gasteiger partial charge in [-0.2, -0.15) is 18.2 Å². The molecule has 10 heteroatoms.